The Morgan fingerprint density at radius 1 is 1.24 bits per heavy atom. The number of carbonyl (C=O) groups excluding carboxylic acids is 1. The molecule has 21 heavy (non-hydrogen) atoms. The molecule has 1 saturated carbocycles. The van der Waals surface area contributed by atoms with Gasteiger partial charge in [-0.25, -0.2) is 9.59 Å². The molecule has 0 bridgehead atoms. The van der Waals surface area contributed by atoms with E-state index in [2.05, 4.69) is 10.6 Å². The standard InChI is InChI=1S/C15H22N2O4/c18-13(19)15(8-3-1-2-4-9-15)17-14(20)16-10-7-12-6-5-11-21-12/h5-6,11H,1-4,7-10H2,(H,18,19)(H2,16,17,20). The molecule has 0 aromatic carbocycles. The van der Waals surface area contributed by atoms with Crippen molar-refractivity contribution in [2.24, 2.45) is 0 Å². The van der Waals surface area contributed by atoms with E-state index in [1.807, 2.05) is 6.07 Å². The summed E-state index contributed by atoms with van der Waals surface area (Å²) in [6.45, 7) is 0.412. The number of hydrogen-bond donors (Lipinski definition) is 3. The van der Waals surface area contributed by atoms with E-state index >= 15 is 0 Å². The number of rotatable bonds is 5. The molecule has 0 unspecified atom stereocenters. The summed E-state index contributed by atoms with van der Waals surface area (Å²) < 4.78 is 5.17. The van der Waals surface area contributed by atoms with Crippen LogP contribution in [0, 0.1) is 0 Å². The molecule has 6 heteroatoms. The van der Waals surface area contributed by atoms with Gasteiger partial charge in [0, 0.05) is 13.0 Å². The maximum atomic E-state index is 11.9. The first-order valence-electron chi connectivity index (χ1n) is 7.44. The fourth-order valence-corrected chi connectivity index (χ4v) is 2.74. The Hall–Kier alpha value is -1.98. The molecule has 3 N–H and O–H groups in total. The van der Waals surface area contributed by atoms with Crippen molar-refractivity contribution in [3.05, 3.63) is 24.2 Å². The van der Waals surface area contributed by atoms with Crippen molar-refractivity contribution in [2.75, 3.05) is 6.54 Å². The van der Waals surface area contributed by atoms with E-state index in [4.69, 9.17) is 4.42 Å². The number of hydrogen-bond acceptors (Lipinski definition) is 3. The third-order valence-electron chi connectivity index (χ3n) is 3.96. The first-order chi connectivity index (χ1) is 10.1. The lowest BCUT2D eigenvalue weighted by molar-refractivity contribution is -0.145. The van der Waals surface area contributed by atoms with Crippen LogP contribution in [0.3, 0.4) is 0 Å². The van der Waals surface area contributed by atoms with Gasteiger partial charge < -0.3 is 20.2 Å². The fourth-order valence-electron chi connectivity index (χ4n) is 2.74. The number of nitrogens with one attached hydrogen (secondary N) is 2. The van der Waals surface area contributed by atoms with E-state index in [-0.39, 0.29) is 0 Å². The number of aliphatic carboxylic acids is 1. The first kappa shape index (κ1) is 15.4. The van der Waals surface area contributed by atoms with E-state index in [0.29, 0.717) is 25.8 Å². The van der Waals surface area contributed by atoms with Crippen molar-refractivity contribution in [3.63, 3.8) is 0 Å². The van der Waals surface area contributed by atoms with Crippen molar-refractivity contribution >= 4 is 12.0 Å². The topological polar surface area (TPSA) is 91.6 Å². The average molecular weight is 294 g/mol. The van der Waals surface area contributed by atoms with E-state index in [1.54, 1.807) is 12.3 Å². The zero-order valence-electron chi connectivity index (χ0n) is 12.1. The minimum atomic E-state index is -1.12. The summed E-state index contributed by atoms with van der Waals surface area (Å²) in [5.41, 5.74) is -1.12. The van der Waals surface area contributed by atoms with E-state index in [0.717, 1.165) is 31.4 Å². The fraction of sp³-hybridized carbons (Fsp3) is 0.600. The van der Waals surface area contributed by atoms with Gasteiger partial charge in [-0.05, 0) is 25.0 Å². The molecule has 2 rings (SSSR count). The van der Waals surface area contributed by atoms with Crippen molar-refractivity contribution in [2.45, 2.75) is 50.5 Å². The van der Waals surface area contributed by atoms with Gasteiger partial charge in [-0.1, -0.05) is 25.7 Å². The molecule has 1 heterocycles. The minimum Gasteiger partial charge on any atom is -0.480 e. The first-order valence-corrected chi connectivity index (χ1v) is 7.44. The largest absolute Gasteiger partial charge is 0.480 e. The monoisotopic (exact) mass is 294 g/mol. The summed E-state index contributed by atoms with van der Waals surface area (Å²) in [4.78, 5) is 23.5. The number of furan rings is 1. The van der Waals surface area contributed by atoms with Crippen molar-refractivity contribution in [1.29, 1.82) is 0 Å². The quantitative estimate of drug-likeness (QED) is 0.727. The lowest BCUT2D eigenvalue weighted by Crippen LogP contribution is -2.57. The van der Waals surface area contributed by atoms with Crippen LogP contribution in [-0.4, -0.2) is 29.2 Å². The van der Waals surface area contributed by atoms with Gasteiger partial charge in [-0.15, -0.1) is 0 Å². The molecular weight excluding hydrogens is 272 g/mol. The summed E-state index contributed by atoms with van der Waals surface area (Å²) in [6, 6.07) is 3.20. The molecule has 0 radical (unpaired) electrons. The number of urea groups is 1. The lowest BCUT2D eigenvalue weighted by atomic mass is 9.90. The highest BCUT2D eigenvalue weighted by Gasteiger charge is 2.39. The highest BCUT2D eigenvalue weighted by Crippen LogP contribution is 2.27. The molecule has 0 saturated heterocycles. The van der Waals surface area contributed by atoms with Crippen LogP contribution in [0.15, 0.2) is 22.8 Å². The average Bonchev–Trinajstić information content (AvgIpc) is 2.84. The third-order valence-corrected chi connectivity index (χ3v) is 3.96. The molecule has 1 aliphatic rings. The lowest BCUT2D eigenvalue weighted by Gasteiger charge is -2.29. The normalized spacial score (nSPS) is 17.7. The zero-order valence-corrected chi connectivity index (χ0v) is 12.1. The van der Waals surface area contributed by atoms with Crippen LogP contribution in [0.5, 0.6) is 0 Å². The van der Waals surface area contributed by atoms with Crippen molar-refractivity contribution in [3.8, 4) is 0 Å². The van der Waals surface area contributed by atoms with Gasteiger partial charge in [0.15, 0.2) is 0 Å². The number of amides is 2. The van der Waals surface area contributed by atoms with Gasteiger partial charge in [0.05, 0.1) is 6.26 Å². The minimum absolute atomic E-state index is 0.412. The van der Waals surface area contributed by atoms with E-state index in [9.17, 15) is 14.7 Å². The molecule has 1 fully saturated rings. The Balaban J connectivity index is 1.84. The zero-order chi connectivity index (χ0) is 15.1. The van der Waals surface area contributed by atoms with Crippen LogP contribution in [0.4, 0.5) is 4.79 Å². The summed E-state index contributed by atoms with van der Waals surface area (Å²) >= 11 is 0. The number of carbonyl (C=O) groups is 2. The van der Waals surface area contributed by atoms with E-state index in [1.165, 1.54) is 0 Å². The Morgan fingerprint density at radius 3 is 2.52 bits per heavy atom. The van der Waals surface area contributed by atoms with Gasteiger partial charge in [0.1, 0.15) is 11.3 Å². The van der Waals surface area contributed by atoms with Gasteiger partial charge in [-0.2, -0.15) is 0 Å². The van der Waals surface area contributed by atoms with Gasteiger partial charge >= 0.3 is 12.0 Å². The molecule has 0 aliphatic heterocycles. The molecule has 0 spiro atoms. The Kier molecular flexibility index (Phi) is 5.25. The Labute approximate surface area is 123 Å². The second-order valence-electron chi connectivity index (χ2n) is 5.51. The van der Waals surface area contributed by atoms with Crippen molar-refractivity contribution < 1.29 is 19.1 Å². The maximum absolute atomic E-state index is 11.9. The molecular formula is C15H22N2O4. The van der Waals surface area contributed by atoms with Gasteiger partial charge in [0.2, 0.25) is 0 Å². The van der Waals surface area contributed by atoms with Crippen LogP contribution in [0.25, 0.3) is 0 Å². The molecule has 1 aliphatic carbocycles. The van der Waals surface area contributed by atoms with Crippen LogP contribution in [0.1, 0.15) is 44.3 Å². The molecule has 1 aromatic heterocycles. The summed E-state index contributed by atoms with van der Waals surface area (Å²) in [5, 5.41) is 14.8. The molecule has 1 aromatic rings. The molecule has 2 amide bonds. The van der Waals surface area contributed by atoms with E-state index < -0.39 is 17.5 Å². The molecule has 6 nitrogen and oxygen atoms in total. The SMILES string of the molecule is O=C(NCCc1ccco1)NC1(C(=O)O)CCCCCC1. The van der Waals surface area contributed by atoms with Crippen molar-refractivity contribution in [1.82, 2.24) is 10.6 Å². The number of carboxylic acids is 1. The second kappa shape index (κ2) is 7.15. The highest BCUT2D eigenvalue weighted by atomic mass is 16.4. The van der Waals surface area contributed by atoms with Crippen LogP contribution in [-0.2, 0) is 11.2 Å². The summed E-state index contributed by atoms with van der Waals surface area (Å²) in [7, 11) is 0. The predicted octanol–water partition coefficient (Wildman–Crippen LogP) is 2.30. The Morgan fingerprint density at radius 2 is 1.95 bits per heavy atom. The van der Waals surface area contributed by atoms with Crippen LogP contribution in [0.2, 0.25) is 0 Å². The predicted molar refractivity (Wildman–Crippen MR) is 77.0 cm³/mol. The smallest absolute Gasteiger partial charge is 0.329 e. The van der Waals surface area contributed by atoms with Crippen LogP contribution >= 0.6 is 0 Å². The van der Waals surface area contributed by atoms with Gasteiger partial charge in [-0.3, -0.25) is 0 Å². The molecule has 0 atom stereocenters. The number of carboxylic acid groups (broad SMARTS) is 1. The van der Waals surface area contributed by atoms with Crippen LogP contribution < -0.4 is 10.6 Å². The maximum Gasteiger partial charge on any atom is 0.329 e. The highest BCUT2D eigenvalue weighted by molar-refractivity contribution is 5.86. The summed E-state index contributed by atoms with van der Waals surface area (Å²) in [5.74, 6) is -0.150. The Bertz CT molecular complexity index is 462. The second-order valence-corrected chi connectivity index (χ2v) is 5.51. The third kappa shape index (κ3) is 4.24. The van der Waals surface area contributed by atoms with Gasteiger partial charge in [0.25, 0.3) is 0 Å². The summed E-state index contributed by atoms with van der Waals surface area (Å²) in [6.07, 6.45) is 6.87. The molecule has 116 valence electrons.